The predicted octanol–water partition coefficient (Wildman–Crippen LogP) is -0.173. The van der Waals surface area contributed by atoms with Crippen molar-refractivity contribution >= 4 is 5.91 Å². The third-order valence-electron chi connectivity index (χ3n) is 2.29. The van der Waals surface area contributed by atoms with E-state index in [-0.39, 0.29) is 12.5 Å². The van der Waals surface area contributed by atoms with Gasteiger partial charge in [0.05, 0.1) is 19.3 Å². The number of methoxy groups -OCH3 is 1. The van der Waals surface area contributed by atoms with Crippen LogP contribution in [0.2, 0.25) is 0 Å². The minimum absolute atomic E-state index is 0.0517. The minimum atomic E-state index is -0.483. The molecular weight excluding hydrogens is 208 g/mol. The molecule has 16 heavy (non-hydrogen) atoms. The molecule has 0 aromatic rings. The Kier molecular flexibility index (Phi) is 8.15. The van der Waals surface area contributed by atoms with Crippen LogP contribution in [-0.2, 0) is 9.53 Å². The van der Waals surface area contributed by atoms with Gasteiger partial charge >= 0.3 is 0 Å². The van der Waals surface area contributed by atoms with E-state index in [0.29, 0.717) is 32.0 Å². The molecule has 3 N–H and O–H groups in total. The molecule has 1 atom stereocenters. The van der Waals surface area contributed by atoms with Gasteiger partial charge in [-0.1, -0.05) is 13.8 Å². The number of rotatable bonds is 8. The summed E-state index contributed by atoms with van der Waals surface area (Å²) in [6, 6.07) is -0.483. The van der Waals surface area contributed by atoms with E-state index in [1.54, 1.807) is 12.0 Å². The maximum Gasteiger partial charge on any atom is 0.239 e. The van der Waals surface area contributed by atoms with Gasteiger partial charge in [-0.3, -0.25) is 4.79 Å². The van der Waals surface area contributed by atoms with Gasteiger partial charge in [-0.25, -0.2) is 0 Å². The molecule has 0 aromatic heterocycles. The highest BCUT2D eigenvalue weighted by Gasteiger charge is 2.20. The normalized spacial score (nSPS) is 12.9. The fraction of sp³-hybridized carbons (Fsp3) is 0.909. The summed E-state index contributed by atoms with van der Waals surface area (Å²) in [5.41, 5.74) is 5.81. The van der Waals surface area contributed by atoms with Crippen molar-refractivity contribution in [1.29, 1.82) is 0 Å². The molecule has 0 aromatic carbocycles. The van der Waals surface area contributed by atoms with Gasteiger partial charge in [-0.2, -0.15) is 0 Å². The molecule has 0 saturated carbocycles. The Balaban J connectivity index is 4.23. The Morgan fingerprint density at radius 3 is 2.50 bits per heavy atom. The van der Waals surface area contributed by atoms with Crippen LogP contribution in [0.15, 0.2) is 0 Å². The number of hydrogen-bond acceptors (Lipinski definition) is 4. The fourth-order valence-corrected chi connectivity index (χ4v) is 1.50. The fourth-order valence-electron chi connectivity index (χ4n) is 1.50. The molecule has 0 rings (SSSR count). The number of carbonyl (C=O) groups is 1. The van der Waals surface area contributed by atoms with Gasteiger partial charge < -0.3 is 20.5 Å². The van der Waals surface area contributed by atoms with Crippen LogP contribution < -0.4 is 5.73 Å². The molecule has 0 saturated heterocycles. The van der Waals surface area contributed by atoms with E-state index in [1.807, 2.05) is 13.8 Å². The van der Waals surface area contributed by atoms with Gasteiger partial charge in [0.2, 0.25) is 5.91 Å². The second kappa shape index (κ2) is 8.50. The number of carbonyl (C=O) groups excluding carboxylic acids is 1. The highest BCUT2D eigenvalue weighted by molar-refractivity contribution is 5.81. The topological polar surface area (TPSA) is 75.8 Å². The third kappa shape index (κ3) is 6.05. The second-order valence-corrected chi connectivity index (χ2v) is 4.28. The average Bonchev–Trinajstić information content (AvgIpc) is 2.22. The lowest BCUT2D eigenvalue weighted by atomic mass is 10.0. The lowest BCUT2D eigenvalue weighted by Gasteiger charge is -2.25. The standard InChI is InChI=1S/C11H24N2O3/c1-9(2)8-10(12)11(15)13(4-6-14)5-7-16-3/h9-10,14H,4-8,12H2,1-3H3/t10-/m1/s1. The lowest BCUT2D eigenvalue weighted by Crippen LogP contribution is -2.46. The molecule has 0 radical (unpaired) electrons. The van der Waals surface area contributed by atoms with Crippen molar-refractivity contribution in [1.82, 2.24) is 4.90 Å². The highest BCUT2D eigenvalue weighted by atomic mass is 16.5. The van der Waals surface area contributed by atoms with Gasteiger partial charge in [0.15, 0.2) is 0 Å². The summed E-state index contributed by atoms with van der Waals surface area (Å²) in [6.45, 7) is 5.25. The summed E-state index contributed by atoms with van der Waals surface area (Å²) in [7, 11) is 1.58. The molecule has 0 spiro atoms. The van der Waals surface area contributed by atoms with Crippen LogP contribution >= 0.6 is 0 Å². The number of nitrogens with two attached hydrogens (primary N) is 1. The Labute approximate surface area is 97.6 Å². The molecule has 0 aliphatic heterocycles. The molecule has 0 heterocycles. The molecular formula is C11H24N2O3. The van der Waals surface area contributed by atoms with Crippen molar-refractivity contribution in [2.24, 2.45) is 11.7 Å². The van der Waals surface area contributed by atoms with Crippen LogP contribution in [0.25, 0.3) is 0 Å². The summed E-state index contributed by atoms with van der Waals surface area (Å²) < 4.78 is 4.91. The van der Waals surface area contributed by atoms with Crippen LogP contribution in [0.4, 0.5) is 0 Å². The van der Waals surface area contributed by atoms with Crippen LogP contribution in [0, 0.1) is 5.92 Å². The van der Waals surface area contributed by atoms with E-state index in [2.05, 4.69) is 0 Å². The SMILES string of the molecule is COCCN(CCO)C(=O)[C@H](N)CC(C)C. The molecule has 96 valence electrons. The Morgan fingerprint density at radius 1 is 1.44 bits per heavy atom. The first-order chi connectivity index (χ1) is 7.52. The van der Waals surface area contributed by atoms with Crippen LogP contribution in [-0.4, -0.2) is 55.4 Å². The van der Waals surface area contributed by atoms with E-state index in [0.717, 1.165) is 0 Å². The minimum Gasteiger partial charge on any atom is -0.395 e. The second-order valence-electron chi connectivity index (χ2n) is 4.28. The number of amides is 1. The van der Waals surface area contributed by atoms with E-state index in [1.165, 1.54) is 0 Å². The molecule has 5 heteroatoms. The maximum absolute atomic E-state index is 11.9. The van der Waals surface area contributed by atoms with Crippen molar-refractivity contribution in [3.8, 4) is 0 Å². The Hall–Kier alpha value is -0.650. The van der Waals surface area contributed by atoms with Gasteiger partial charge in [-0.15, -0.1) is 0 Å². The van der Waals surface area contributed by atoms with Crippen LogP contribution in [0.5, 0.6) is 0 Å². The first-order valence-corrected chi connectivity index (χ1v) is 5.67. The van der Waals surface area contributed by atoms with Gasteiger partial charge in [0.1, 0.15) is 0 Å². The average molecular weight is 232 g/mol. The Bertz CT molecular complexity index is 198. The quantitative estimate of drug-likeness (QED) is 0.609. The van der Waals surface area contributed by atoms with E-state index >= 15 is 0 Å². The predicted molar refractivity (Wildman–Crippen MR) is 63.0 cm³/mol. The summed E-state index contributed by atoms with van der Waals surface area (Å²) in [4.78, 5) is 13.5. The summed E-state index contributed by atoms with van der Waals surface area (Å²) in [6.07, 6.45) is 0.660. The molecule has 0 fully saturated rings. The molecule has 1 amide bonds. The summed E-state index contributed by atoms with van der Waals surface area (Å²) in [5.74, 6) is 0.275. The van der Waals surface area contributed by atoms with Gasteiger partial charge in [0.25, 0.3) is 0 Å². The van der Waals surface area contributed by atoms with Crippen molar-refractivity contribution < 1.29 is 14.6 Å². The van der Waals surface area contributed by atoms with Crippen molar-refractivity contribution in [2.75, 3.05) is 33.4 Å². The lowest BCUT2D eigenvalue weighted by molar-refractivity contribution is -0.134. The number of hydrogen-bond donors (Lipinski definition) is 2. The zero-order valence-electron chi connectivity index (χ0n) is 10.5. The molecule has 0 aliphatic rings. The number of ether oxygens (including phenoxy) is 1. The van der Waals surface area contributed by atoms with E-state index in [4.69, 9.17) is 15.6 Å². The smallest absolute Gasteiger partial charge is 0.239 e. The van der Waals surface area contributed by atoms with Crippen molar-refractivity contribution in [2.45, 2.75) is 26.3 Å². The molecule has 0 unspecified atom stereocenters. The Morgan fingerprint density at radius 2 is 2.06 bits per heavy atom. The van der Waals surface area contributed by atoms with Crippen LogP contribution in [0.3, 0.4) is 0 Å². The van der Waals surface area contributed by atoms with E-state index < -0.39 is 6.04 Å². The molecule has 0 bridgehead atoms. The zero-order chi connectivity index (χ0) is 12.6. The van der Waals surface area contributed by atoms with Crippen molar-refractivity contribution in [3.05, 3.63) is 0 Å². The number of nitrogens with zero attached hydrogens (tertiary/aromatic N) is 1. The third-order valence-corrected chi connectivity index (χ3v) is 2.29. The van der Waals surface area contributed by atoms with Crippen molar-refractivity contribution in [3.63, 3.8) is 0 Å². The number of aliphatic hydroxyl groups excluding tert-OH is 1. The summed E-state index contributed by atoms with van der Waals surface area (Å²) in [5, 5.41) is 8.87. The monoisotopic (exact) mass is 232 g/mol. The first kappa shape index (κ1) is 15.3. The van der Waals surface area contributed by atoms with Gasteiger partial charge in [-0.05, 0) is 12.3 Å². The molecule has 5 nitrogen and oxygen atoms in total. The first-order valence-electron chi connectivity index (χ1n) is 5.67. The number of aliphatic hydroxyl groups is 1. The van der Waals surface area contributed by atoms with Gasteiger partial charge in [0, 0.05) is 20.2 Å². The maximum atomic E-state index is 11.9. The largest absolute Gasteiger partial charge is 0.395 e. The zero-order valence-corrected chi connectivity index (χ0v) is 10.5. The highest BCUT2D eigenvalue weighted by Crippen LogP contribution is 2.05. The summed E-state index contributed by atoms with van der Waals surface area (Å²) >= 11 is 0. The van der Waals surface area contributed by atoms with Crippen LogP contribution in [0.1, 0.15) is 20.3 Å². The molecule has 0 aliphatic carbocycles. The van der Waals surface area contributed by atoms with E-state index in [9.17, 15) is 4.79 Å².